The van der Waals surface area contributed by atoms with Crippen LogP contribution in [0, 0.1) is 16.7 Å². The lowest BCUT2D eigenvalue weighted by Crippen LogP contribution is -2.46. The molecule has 0 aromatic rings. The number of rotatable bonds is 3. The van der Waals surface area contributed by atoms with Crippen LogP contribution in [0.2, 0.25) is 0 Å². The molecule has 0 saturated heterocycles. The van der Waals surface area contributed by atoms with Crippen molar-refractivity contribution in [3.8, 4) is 6.07 Å². The van der Waals surface area contributed by atoms with E-state index in [1.165, 1.54) is 0 Å². The highest BCUT2D eigenvalue weighted by Gasteiger charge is 2.43. The van der Waals surface area contributed by atoms with Gasteiger partial charge in [-0.3, -0.25) is 5.32 Å². The van der Waals surface area contributed by atoms with Crippen molar-refractivity contribution >= 4 is 0 Å². The summed E-state index contributed by atoms with van der Waals surface area (Å²) in [6.45, 7) is 8.82. The fraction of sp³-hybridized carbons (Fsp3) is 0.917. The topological polar surface area (TPSA) is 35.8 Å². The fourth-order valence-corrected chi connectivity index (χ4v) is 2.37. The Labute approximate surface area is 87.7 Å². The van der Waals surface area contributed by atoms with Crippen molar-refractivity contribution in [2.45, 2.75) is 65.0 Å². The fourth-order valence-electron chi connectivity index (χ4n) is 2.37. The molecule has 2 nitrogen and oxygen atoms in total. The molecule has 1 rings (SSSR count). The molecule has 1 aliphatic rings. The van der Waals surface area contributed by atoms with Gasteiger partial charge in [-0.05, 0) is 38.0 Å². The molecule has 2 atom stereocenters. The minimum Gasteiger partial charge on any atom is -0.297 e. The predicted molar refractivity (Wildman–Crippen MR) is 58.9 cm³/mol. The van der Waals surface area contributed by atoms with E-state index in [1.54, 1.807) is 0 Å². The van der Waals surface area contributed by atoms with Crippen molar-refractivity contribution in [2.75, 3.05) is 0 Å². The van der Waals surface area contributed by atoms with Crippen molar-refractivity contribution in [1.82, 2.24) is 5.32 Å². The molecule has 1 N–H and O–H groups in total. The van der Waals surface area contributed by atoms with Gasteiger partial charge in [0.15, 0.2) is 0 Å². The second-order valence-electron chi connectivity index (χ2n) is 5.49. The highest BCUT2D eigenvalue weighted by molar-refractivity contribution is 5.14. The molecule has 1 saturated carbocycles. The van der Waals surface area contributed by atoms with E-state index < -0.39 is 0 Å². The van der Waals surface area contributed by atoms with Crippen LogP contribution < -0.4 is 5.32 Å². The maximum absolute atomic E-state index is 9.28. The average molecular weight is 194 g/mol. The van der Waals surface area contributed by atoms with E-state index in [-0.39, 0.29) is 5.54 Å². The van der Waals surface area contributed by atoms with Crippen LogP contribution in [0.3, 0.4) is 0 Å². The van der Waals surface area contributed by atoms with Crippen molar-refractivity contribution in [1.29, 1.82) is 5.26 Å². The van der Waals surface area contributed by atoms with E-state index >= 15 is 0 Å². The largest absolute Gasteiger partial charge is 0.297 e. The summed E-state index contributed by atoms with van der Waals surface area (Å²) >= 11 is 0. The molecule has 14 heavy (non-hydrogen) atoms. The molecule has 0 spiro atoms. The van der Waals surface area contributed by atoms with Gasteiger partial charge in [0, 0.05) is 6.04 Å². The Kier molecular flexibility index (Phi) is 3.21. The van der Waals surface area contributed by atoms with Crippen LogP contribution in [0.4, 0.5) is 0 Å². The van der Waals surface area contributed by atoms with Gasteiger partial charge in [0.25, 0.3) is 0 Å². The summed E-state index contributed by atoms with van der Waals surface area (Å²) in [7, 11) is 0. The first kappa shape index (κ1) is 11.5. The molecular weight excluding hydrogens is 172 g/mol. The van der Waals surface area contributed by atoms with Gasteiger partial charge in [-0.25, -0.2) is 0 Å². The van der Waals surface area contributed by atoms with Crippen molar-refractivity contribution in [2.24, 2.45) is 5.41 Å². The Balaban J connectivity index is 2.67. The van der Waals surface area contributed by atoms with E-state index in [9.17, 15) is 5.26 Å². The molecule has 0 heterocycles. The summed E-state index contributed by atoms with van der Waals surface area (Å²) in [6.07, 6.45) is 4.23. The number of hydrogen-bond donors (Lipinski definition) is 1. The van der Waals surface area contributed by atoms with Gasteiger partial charge in [-0.15, -0.1) is 0 Å². The molecule has 0 aliphatic heterocycles. The van der Waals surface area contributed by atoms with Crippen LogP contribution in [0.5, 0.6) is 0 Å². The molecule has 2 heteroatoms. The Morgan fingerprint density at radius 3 is 2.43 bits per heavy atom. The third kappa shape index (κ3) is 2.48. The van der Waals surface area contributed by atoms with Gasteiger partial charge in [-0.2, -0.15) is 5.26 Å². The SMILES string of the molecule is CCC(C)NC1(C#N)CCC(C)(C)C1. The number of nitriles is 1. The lowest BCUT2D eigenvalue weighted by molar-refractivity contribution is 0.313. The highest BCUT2D eigenvalue weighted by atomic mass is 15.0. The lowest BCUT2D eigenvalue weighted by Gasteiger charge is -2.28. The molecule has 1 aliphatic carbocycles. The standard InChI is InChI=1S/C12H22N2/c1-5-10(2)14-12(9-13)7-6-11(3,4)8-12/h10,14H,5-8H2,1-4H3. The van der Waals surface area contributed by atoms with E-state index in [2.05, 4.69) is 39.1 Å². The summed E-state index contributed by atoms with van der Waals surface area (Å²) in [5, 5.41) is 12.8. The van der Waals surface area contributed by atoms with Crippen molar-refractivity contribution in [3.05, 3.63) is 0 Å². The molecule has 0 bridgehead atoms. The zero-order chi connectivity index (χ0) is 10.8. The van der Waals surface area contributed by atoms with Gasteiger partial charge >= 0.3 is 0 Å². The van der Waals surface area contributed by atoms with Crippen molar-refractivity contribution in [3.63, 3.8) is 0 Å². The predicted octanol–water partition coefficient (Wildman–Crippen LogP) is 2.85. The second kappa shape index (κ2) is 3.90. The van der Waals surface area contributed by atoms with Crippen LogP contribution in [0.25, 0.3) is 0 Å². The zero-order valence-corrected chi connectivity index (χ0v) is 9.85. The van der Waals surface area contributed by atoms with E-state index in [0.717, 1.165) is 25.7 Å². The summed E-state index contributed by atoms with van der Waals surface area (Å²) in [5.74, 6) is 0. The normalized spacial score (nSPS) is 32.5. The Morgan fingerprint density at radius 1 is 1.43 bits per heavy atom. The first-order valence-electron chi connectivity index (χ1n) is 5.62. The monoisotopic (exact) mass is 194 g/mol. The molecule has 0 amide bonds. The Bertz CT molecular complexity index is 239. The lowest BCUT2D eigenvalue weighted by atomic mass is 9.88. The maximum atomic E-state index is 9.28. The van der Waals surface area contributed by atoms with Gasteiger partial charge in [0.1, 0.15) is 5.54 Å². The number of hydrogen-bond acceptors (Lipinski definition) is 2. The van der Waals surface area contributed by atoms with Crippen LogP contribution in [-0.2, 0) is 0 Å². The van der Waals surface area contributed by atoms with E-state index in [4.69, 9.17) is 0 Å². The third-order valence-electron chi connectivity index (χ3n) is 3.36. The summed E-state index contributed by atoms with van der Waals surface area (Å²) < 4.78 is 0. The van der Waals surface area contributed by atoms with Crippen molar-refractivity contribution < 1.29 is 0 Å². The highest BCUT2D eigenvalue weighted by Crippen LogP contribution is 2.43. The molecule has 1 fully saturated rings. The molecule has 0 aromatic heterocycles. The Morgan fingerprint density at radius 2 is 2.07 bits per heavy atom. The Hall–Kier alpha value is -0.550. The van der Waals surface area contributed by atoms with Gasteiger partial charge in [0.05, 0.1) is 6.07 Å². The summed E-state index contributed by atoms with van der Waals surface area (Å²) in [4.78, 5) is 0. The van der Waals surface area contributed by atoms with E-state index in [0.29, 0.717) is 11.5 Å². The van der Waals surface area contributed by atoms with E-state index in [1.807, 2.05) is 0 Å². The smallest absolute Gasteiger partial charge is 0.107 e. The first-order valence-corrected chi connectivity index (χ1v) is 5.62. The van der Waals surface area contributed by atoms with Gasteiger partial charge in [0.2, 0.25) is 0 Å². The van der Waals surface area contributed by atoms with Crippen LogP contribution in [0.1, 0.15) is 53.4 Å². The zero-order valence-electron chi connectivity index (χ0n) is 9.85. The van der Waals surface area contributed by atoms with Crippen LogP contribution in [0.15, 0.2) is 0 Å². The molecular formula is C12H22N2. The van der Waals surface area contributed by atoms with Crippen LogP contribution >= 0.6 is 0 Å². The minimum atomic E-state index is -0.251. The molecule has 0 aromatic carbocycles. The second-order valence-corrected chi connectivity index (χ2v) is 5.49. The third-order valence-corrected chi connectivity index (χ3v) is 3.36. The van der Waals surface area contributed by atoms with Crippen LogP contribution in [-0.4, -0.2) is 11.6 Å². The van der Waals surface area contributed by atoms with Gasteiger partial charge in [-0.1, -0.05) is 20.8 Å². The quantitative estimate of drug-likeness (QED) is 0.750. The molecule has 80 valence electrons. The number of nitrogens with one attached hydrogen (secondary N) is 1. The summed E-state index contributed by atoms with van der Waals surface area (Å²) in [6, 6.07) is 2.93. The minimum absolute atomic E-state index is 0.251. The first-order chi connectivity index (χ1) is 6.43. The molecule has 2 unspecified atom stereocenters. The average Bonchev–Trinajstić information content (AvgIpc) is 2.42. The number of nitrogens with zero attached hydrogens (tertiary/aromatic N) is 1. The van der Waals surface area contributed by atoms with Gasteiger partial charge < -0.3 is 0 Å². The molecule has 0 radical (unpaired) electrons. The maximum Gasteiger partial charge on any atom is 0.107 e. The summed E-state index contributed by atoms with van der Waals surface area (Å²) in [5.41, 5.74) is 0.0785.